The lowest BCUT2D eigenvalue weighted by Gasteiger charge is -2.42. The van der Waals surface area contributed by atoms with Gasteiger partial charge < -0.3 is 10.2 Å². The summed E-state index contributed by atoms with van der Waals surface area (Å²) in [5, 5.41) is 4.42. The molecule has 0 aromatic carbocycles. The predicted octanol–water partition coefficient (Wildman–Crippen LogP) is 0.424. The van der Waals surface area contributed by atoms with Crippen LogP contribution in [0, 0.1) is 0 Å². The number of aromatic nitrogens is 1. The van der Waals surface area contributed by atoms with E-state index < -0.39 is 0 Å². The van der Waals surface area contributed by atoms with Crippen molar-refractivity contribution in [1.29, 1.82) is 0 Å². The summed E-state index contributed by atoms with van der Waals surface area (Å²) in [6.07, 6.45) is 0. The van der Waals surface area contributed by atoms with Gasteiger partial charge in [-0.05, 0) is 13.8 Å². The number of thiazole rings is 1. The fourth-order valence-electron chi connectivity index (χ4n) is 2.48. The van der Waals surface area contributed by atoms with Crippen LogP contribution in [-0.4, -0.2) is 65.4 Å². The van der Waals surface area contributed by atoms with E-state index in [0.717, 1.165) is 0 Å². The van der Waals surface area contributed by atoms with Gasteiger partial charge in [-0.1, -0.05) is 0 Å². The van der Waals surface area contributed by atoms with E-state index in [2.05, 4.69) is 29.0 Å². The highest BCUT2D eigenvalue weighted by Crippen LogP contribution is 2.16. The van der Waals surface area contributed by atoms with Crippen molar-refractivity contribution in [2.24, 2.45) is 0 Å². The summed E-state index contributed by atoms with van der Waals surface area (Å²) in [4.78, 5) is 32.2. The fraction of sp³-hybridized carbons (Fsp3) is 0.615. The number of hydrogen-bond acceptors (Lipinski definition) is 5. The second-order valence-electron chi connectivity index (χ2n) is 5.09. The van der Waals surface area contributed by atoms with Crippen LogP contribution in [0.4, 0.5) is 0 Å². The van der Waals surface area contributed by atoms with Crippen LogP contribution in [0.2, 0.25) is 0 Å². The maximum Gasteiger partial charge on any atom is 0.273 e. The highest BCUT2D eigenvalue weighted by Gasteiger charge is 2.35. The highest BCUT2D eigenvalue weighted by molar-refractivity contribution is 7.07. The van der Waals surface area contributed by atoms with Gasteiger partial charge in [0.1, 0.15) is 11.7 Å². The zero-order valence-corrected chi connectivity index (χ0v) is 12.8. The molecule has 110 valence electrons. The maximum absolute atomic E-state index is 12.3. The normalized spacial score (nSPS) is 20.2. The molecule has 0 bridgehead atoms. The molecule has 2 heterocycles. The molecule has 1 saturated heterocycles. The molecule has 20 heavy (non-hydrogen) atoms. The molecule has 1 aliphatic heterocycles. The van der Waals surface area contributed by atoms with E-state index in [1.807, 2.05) is 0 Å². The number of hydrogen-bond donors (Lipinski definition) is 1. The Morgan fingerprint density at radius 2 is 2.20 bits per heavy atom. The van der Waals surface area contributed by atoms with E-state index in [9.17, 15) is 9.59 Å². The lowest BCUT2D eigenvalue weighted by atomic mass is 10.1. The van der Waals surface area contributed by atoms with Crippen LogP contribution >= 0.6 is 11.3 Å². The maximum atomic E-state index is 12.3. The molecule has 0 aliphatic carbocycles. The molecule has 1 aromatic heterocycles. The van der Waals surface area contributed by atoms with E-state index in [1.165, 1.54) is 11.3 Å². The van der Waals surface area contributed by atoms with Crippen LogP contribution in [0.3, 0.4) is 0 Å². The molecule has 0 saturated carbocycles. The van der Waals surface area contributed by atoms with Gasteiger partial charge in [-0.3, -0.25) is 14.5 Å². The molecule has 6 nitrogen and oxygen atoms in total. The Labute approximate surface area is 122 Å². The molecule has 0 unspecified atom stereocenters. The lowest BCUT2D eigenvalue weighted by Crippen LogP contribution is -2.61. The first-order chi connectivity index (χ1) is 9.54. The first kappa shape index (κ1) is 14.9. The number of amides is 2. The molecule has 1 atom stereocenters. The minimum Gasteiger partial charge on any atom is -0.358 e. The SMILES string of the molecule is CNC(=O)[C@@H]1CN(C(=O)c2cscn2)CCN1C(C)C. The van der Waals surface area contributed by atoms with Crippen LogP contribution in [0.5, 0.6) is 0 Å². The van der Waals surface area contributed by atoms with Crippen molar-refractivity contribution in [2.75, 3.05) is 26.7 Å². The van der Waals surface area contributed by atoms with Crippen LogP contribution in [0.25, 0.3) is 0 Å². The van der Waals surface area contributed by atoms with E-state index in [4.69, 9.17) is 0 Å². The summed E-state index contributed by atoms with van der Waals surface area (Å²) in [7, 11) is 1.63. The van der Waals surface area contributed by atoms with Gasteiger partial charge in [-0.2, -0.15) is 0 Å². The zero-order chi connectivity index (χ0) is 14.7. The molecule has 1 fully saturated rings. The van der Waals surface area contributed by atoms with Crippen LogP contribution in [0.1, 0.15) is 24.3 Å². The monoisotopic (exact) mass is 296 g/mol. The first-order valence-corrected chi connectivity index (χ1v) is 7.63. The van der Waals surface area contributed by atoms with Gasteiger partial charge in [0.05, 0.1) is 5.51 Å². The van der Waals surface area contributed by atoms with Crippen molar-refractivity contribution in [2.45, 2.75) is 25.9 Å². The van der Waals surface area contributed by atoms with Crippen molar-refractivity contribution in [3.05, 3.63) is 16.6 Å². The van der Waals surface area contributed by atoms with Crippen LogP contribution < -0.4 is 5.32 Å². The number of nitrogens with zero attached hydrogens (tertiary/aromatic N) is 3. The minimum absolute atomic E-state index is 0.0468. The second-order valence-corrected chi connectivity index (χ2v) is 5.81. The van der Waals surface area contributed by atoms with Crippen molar-refractivity contribution in [3.8, 4) is 0 Å². The minimum atomic E-state index is -0.295. The third-order valence-electron chi connectivity index (χ3n) is 3.57. The standard InChI is InChI=1S/C13H20N4O2S/c1-9(2)17-5-4-16(6-11(17)12(18)14-3)13(19)10-7-20-8-15-10/h7-9,11H,4-6H2,1-3H3,(H,14,18)/t11-/m0/s1. The molecule has 2 amide bonds. The fourth-order valence-corrected chi connectivity index (χ4v) is 3.01. The van der Waals surface area contributed by atoms with Gasteiger partial charge in [0, 0.05) is 38.1 Å². The Balaban J connectivity index is 2.12. The Kier molecular flexibility index (Phi) is 4.72. The van der Waals surface area contributed by atoms with Gasteiger partial charge >= 0.3 is 0 Å². The zero-order valence-electron chi connectivity index (χ0n) is 12.0. The topological polar surface area (TPSA) is 65.5 Å². The third kappa shape index (κ3) is 2.99. The summed E-state index contributed by atoms with van der Waals surface area (Å²) in [5.74, 6) is -0.141. The number of carbonyl (C=O) groups excluding carboxylic acids is 2. The average Bonchev–Trinajstić information content (AvgIpc) is 2.99. The summed E-state index contributed by atoms with van der Waals surface area (Å²) in [6.45, 7) is 5.86. The molecule has 7 heteroatoms. The molecule has 2 rings (SSSR count). The summed E-state index contributed by atoms with van der Waals surface area (Å²) in [6, 6.07) is -0.0230. The van der Waals surface area contributed by atoms with Gasteiger partial charge in [-0.15, -0.1) is 11.3 Å². The second kappa shape index (κ2) is 6.32. The molecule has 0 spiro atoms. The van der Waals surface area contributed by atoms with Crippen LogP contribution in [-0.2, 0) is 4.79 Å². The number of likely N-dealkylation sites (N-methyl/N-ethyl adjacent to an activating group) is 1. The third-order valence-corrected chi connectivity index (χ3v) is 4.16. The Morgan fingerprint density at radius 3 is 2.75 bits per heavy atom. The van der Waals surface area contributed by atoms with E-state index in [-0.39, 0.29) is 23.9 Å². The van der Waals surface area contributed by atoms with Crippen LogP contribution in [0.15, 0.2) is 10.9 Å². The van der Waals surface area contributed by atoms with Crippen molar-refractivity contribution >= 4 is 23.2 Å². The first-order valence-electron chi connectivity index (χ1n) is 6.69. The molecular weight excluding hydrogens is 276 g/mol. The predicted molar refractivity (Wildman–Crippen MR) is 77.7 cm³/mol. The molecule has 0 radical (unpaired) electrons. The number of rotatable bonds is 3. The van der Waals surface area contributed by atoms with Gasteiger partial charge in [0.15, 0.2) is 0 Å². The average molecular weight is 296 g/mol. The largest absolute Gasteiger partial charge is 0.358 e. The van der Waals surface area contributed by atoms with Crippen molar-refractivity contribution < 1.29 is 9.59 Å². The van der Waals surface area contributed by atoms with Crippen molar-refractivity contribution in [3.63, 3.8) is 0 Å². The lowest BCUT2D eigenvalue weighted by molar-refractivity contribution is -0.128. The summed E-state index contributed by atoms with van der Waals surface area (Å²) >= 11 is 1.40. The number of piperazine rings is 1. The molecule has 1 aromatic rings. The summed E-state index contributed by atoms with van der Waals surface area (Å²) < 4.78 is 0. The van der Waals surface area contributed by atoms with Crippen molar-refractivity contribution in [1.82, 2.24) is 20.1 Å². The smallest absolute Gasteiger partial charge is 0.273 e. The number of nitrogens with one attached hydrogen (secondary N) is 1. The molecule has 1 aliphatic rings. The van der Waals surface area contributed by atoms with Gasteiger partial charge in [-0.25, -0.2) is 4.98 Å². The van der Waals surface area contributed by atoms with E-state index >= 15 is 0 Å². The quantitative estimate of drug-likeness (QED) is 0.878. The Hall–Kier alpha value is -1.47. The molecule has 1 N–H and O–H groups in total. The summed E-state index contributed by atoms with van der Waals surface area (Å²) in [5.41, 5.74) is 2.11. The highest BCUT2D eigenvalue weighted by atomic mass is 32.1. The van der Waals surface area contributed by atoms with E-state index in [1.54, 1.807) is 22.8 Å². The van der Waals surface area contributed by atoms with E-state index in [0.29, 0.717) is 25.3 Å². The Bertz CT molecular complexity index is 475. The molecular formula is C13H20N4O2S. The van der Waals surface area contributed by atoms with Gasteiger partial charge in [0.25, 0.3) is 5.91 Å². The number of carbonyl (C=O) groups is 2. The van der Waals surface area contributed by atoms with Gasteiger partial charge in [0.2, 0.25) is 5.91 Å². The Morgan fingerprint density at radius 1 is 1.45 bits per heavy atom.